The lowest BCUT2D eigenvalue weighted by molar-refractivity contribution is 0.115. The van der Waals surface area contributed by atoms with Crippen LogP contribution in [0.2, 0.25) is 0 Å². The van der Waals surface area contributed by atoms with Crippen molar-refractivity contribution in [1.82, 2.24) is 15.5 Å². The van der Waals surface area contributed by atoms with Gasteiger partial charge < -0.3 is 20.3 Å². The van der Waals surface area contributed by atoms with Gasteiger partial charge in [-0.2, -0.15) is 0 Å². The van der Waals surface area contributed by atoms with E-state index in [4.69, 9.17) is 4.74 Å². The molecule has 0 saturated carbocycles. The second-order valence-corrected chi connectivity index (χ2v) is 5.85. The summed E-state index contributed by atoms with van der Waals surface area (Å²) in [6.45, 7) is 9.37. The number of nitrogens with zero attached hydrogens (tertiary/aromatic N) is 2. The molecule has 5 nitrogen and oxygen atoms in total. The van der Waals surface area contributed by atoms with Gasteiger partial charge in [0.05, 0.1) is 6.61 Å². The van der Waals surface area contributed by atoms with Gasteiger partial charge in [0.2, 0.25) is 0 Å². The third-order valence-electron chi connectivity index (χ3n) is 3.39. The number of nitrogens with one attached hydrogen (secondary N) is 2. The Bertz CT molecular complexity index is 444. The molecular formula is C14H23BrN4O. The average molecular weight is 343 g/mol. The molecule has 0 radical (unpaired) electrons. The van der Waals surface area contributed by atoms with Gasteiger partial charge in [-0.05, 0) is 26.3 Å². The van der Waals surface area contributed by atoms with Gasteiger partial charge in [0.15, 0.2) is 5.96 Å². The number of fused-ring (bicyclic) bond motifs is 1. The molecule has 2 heterocycles. The van der Waals surface area contributed by atoms with Crippen LogP contribution in [0.3, 0.4) is 0 Å². The molecule has 20 heavy (non-hydrogen) atoms. The third-order valence-corrected chi connectivity index (χ3v) is 3.87. The summed E-state index contributed by atoms with van der Waals surface area (Å²) in [4.78, 5) is 6.86. The maximum Gasteiger partial charge on any atom is 0.198 e. The van der Waals surface area contributed by atoms with Gasteiger partial charge >= 0.3 is 0 Å². The number of halogens is 1. The van der Waals surface area contributed by atoms with Crippen molar-refractivity contribution in [2.75, 3.05) is 26.3 Å². The summed E-state index contributed by atoms with van der Waals surface area (Å²) in [6, 6.07) is 0. The minimum atomic E-state index is 0.170. The Morgan fingerprint density at radius 2 is 2.35 bits per heavy atom. The largest absolute Gasteiger partial charge is 0.380 e. The molecule has 2 rings (SSSR count). The maximum atomic E-state index is 5.48. The Morgan fingerprint density at radius 1 is 1.55 bits per heavy atom. The zero-order valence-electron chi connectivity index (χ0n) is 12.4. The van der Waals surface area contributed by atoms with Crippen molar-refractivity contribution >= 4 is 21.9 Å². The van der Waals surface area contributed by atoms with Crippen molar-refractivity contribution in [1.29, 1.82) is 0 Å². The molecule has 0 aromatic rings. The highest BCUT2D eigenvalue weighted by Gasteiger charge is 2.30. The van der Waals surface area contributed by atoms with Gasteiger partial charge in [-0.25, -0.2) is 4.99 Å². The number of hydrogen-bond acceptors (Lipinski definition) is 5. The standard InChI is InChI=1S/C14H23BrN4O/c1-4-16-14-17-10(3)12-8-11(15)9-19(13(12)18-14)6-7-20-5-2/h9,13H,4-8H2,1-3H3,(H2,16,17,18). The van der Waals surface area contributed by atoms with Crippen molar-refractivity contribution in [3.8, 4) is 0 Å². The molecule has 0 aromatic heterocycles. The SMILES string of the molecule is CCNC1=NC(C)=C2CC(Br)=CN(CCOCC)C2N1. The summed E-state index contributed by atoms with van der Waals surface area (Å²) >= 11 is 3.63. The van der Waals surface area contributed by atoms with E-state index in [1.807, 2.05) is 6.92 Å². The molecule has 2 aliphatic heterocycles. The van der Waals surface area contributed by atoms with E-state index in [0.717, 1.165) is 44.4 Å². The topological polar surface area (TPSA) is 48.9 Å². The minimum absolute atomic E-state index is 0.170. The number of hydrogen-bond donors (Lipinski definition) is 2. The molecule has 1 unspecified atom stereocenters. The monoisotopic (exact) mass is 342 g/mol. The Morgan fingerprint density at radius 3 is 3.05 bits per heavy atom. The number of allylic oxidation sites excluding steroid dienone is 2. The van der Waals surface area contributed by atoms with E-state index in [0.29, 0.717) is 0 Å². The van der Waals surface area contributed by atoms with Crippen LogP contribution < -0.4 is 10.6 Å². The van der Waals surface area contributed by atoms with Crippen molar-refractivity contribution in [3.63, 3.8) is 0 Å². The molecule has 6 heteroatoms. The third kappa shape index (κ3) is 3.55. The Labute approximate surface area is 129 Å². The lowest BCUT2D eigenvalue weighted by Gasteiger charge is -2.40. The van der Waals surface area contributed by atoms with Crippen LogP contribution in [-0.2, 0) is 4.74 Å². The lowest BCUT2D eigenvalue weighted by atomic mass is 10.0. The van der Waals surface area contributed by atoms with Crippen molar-refractivity contribution in [3.05, 3.63) is 22.0 Å². The van der Waals surface area contributed by atoms with E-state index in [9.17, 15) is 0 Å². The minimum Gasteiger partial charge on any atom is -0.380 e. The summed E-state index contributed by atoms with van der Waals surface area (Å²) in [6.07, 6.45) is 3.24. The van der Waals surface area contributed by atoms with E-state index in [2.05, 4.69) is 56.5 Å². The van der Waals surface area contributed by atoms with Crippen LogP contribution in [-0.4, -0.2) is 43.3 Å². The highest BCUT2D eigenvalue weighted by molar-refractivity contribution is 9.11. The quantitative estimate of drug-likeness (QED) is 0.751. The van der Waals surface area contributed by atoms with Gasteiger partial charge in [0, 0.05) is 42.5 Å². The smallest absolute Gasteiger partial charge is 0.198 e. The van der Waals surface area contributed by atoms with Gasteiger partial charge in [-0.3, -0.25) is 0 Å². The highest BCUT2D eigenvalue weighted by atomic mass is 79.9. The van der Waals surface area contributed by atoms with Crippen LogP contribution in [0.15, 0.2) is 26.9 Å². The fourth-order valence-electron chi connectivity index (χ4n) is 2.44. The van der Waals surface area contributed by atoms with Crippen LogP contribution in [0.5, 0.6) is 0 Å². The van der Waals surface area contributed by atoms with Gasteiger partial charge in [0.25, 0.3) is 0 Å². The summed E-state index contributed by atoms with van der Waals surface area (Å²) in [5, 5.41) is 6.73. The molecule has 2 aliphatic rings. The second kappa shape index (κ2) is 7.13. The Balaban J connectivity index is 2.15. The maximum absolute atomic E-state index is 5.48. The molecule has 0 aliphatic carbocycles. The predicted molar refractivity (Wildman–Crippen MR) is 85.6 cm³/mol. The molecule has 0 amide bonds. The first-order valence-corrected chi connectivity index (χ1v) is 7.93. The Hall–Kier alpha value is -1.01. The first-order valence-electron chi connectivity index (χ1n) is 7.14. The first-order chi connectivity index (χ1) is 9.65. The van der Waals surface area contributed by atoms with Crippen LogP contribution in [0.25, 0.3) is 0 Å². The number of guanidine groups is 1. The normalized spacial score (nSPS) is 22.0. The van der Waals surface area contributed by atoms with Crippen molar-refractivity contribution in [2.24, 2.45) is 4.99 Å². The first kappa shape index (κ1) is 15.4. The summed E-state index contributed by atoms with van der Waals surface area (Å²) in [5.74, 6) is 0.853. The fraction of sp³-hybridized carbons (Fsp3) is 0.643. The van der Waals surface area contributed by atoms with E-state index < -0.39 is 0 Å². The second-order valence-electron chi connectivity index (χ2n) is 4.84. The van der Waals surface area contributed by atoms with E-state index in [1.165, 1.54) is 10.1 Å². The summed E-state index contributed by atoms with van der Waals surface area (Å²) in [5.41, 5.74) is 2.41. The molecular weight excluding hydrogens is 320 g/mol. The zero-order chi connectivity index (χ0) is 14.5. The Kier molecular flexibility index (Phi) is 5.48. The van der Waals surface area contributed by atoms with Crippen LogP contribution in [0.4, 0.5) is 0 Å². The van der Waals surface area contributed by atoms with E-state index >= 15 is 0 Å². The van der Waals surface area contributed by atoms with E-state index in [1.54, 1.807) is 0 Å². The van der Waals surface area contributed by atoms with Crippen molar-refractivity contribution in [2.45, 2.75) is 33.4 Å². The van der Waals surface area contributed by atoms with Crippen molar-refractivity contribution < 1.29 is 4.74 Å². The lowest BCUT2D eigenvalue weighted by Crippen LogP contribution is -2.55. The molecule has 0 fully saturated rings. The number of aliphatic imine (C=N–C) groups is 1. The van der Waals surface area contributed by atoms with E-state index in [-0.39, 0.29) is 6.17 Å². The summed E-state index contributed by atoms with van der Waals surface area (Å²) in [7, 11) is 0. The average Bonchev–Trinajstić information content (AvgIpc) is 2.41. The molecule has 112 valence electrons. The zero-order valence-corrected chi connectivity index (χ0v) is 14.0. The number of ether oxygens (including phenoxy) is 1. The van der Waals surface area contributed by atoms with Gasteiger partial charge in [-0.1, -0.05) is 15.9 Å². The molecule has 0 aromatic carbocycles. The van der Waals surface area contributed by atoms with Crippen LogP contribution in [0.1, 0.15) is 27.2 Å². The molecule has 2 N–H and O–H groups in total. The van der Waals surface area contributed by atoms with Crippen LogP contribution in [0, 0.1) is 0 Å². The van der Waals surface area contributed by atoms with Gasteiger partial charge in [0.1, 0.15) is 6.17 Å². The fourth-order valence-corrected chi connectivity index (χ4v) is 3.01. The molecule has 1 atom stereocenters. The summed E-state index contributed by atoms with van der Waals surface area (Å²) < 4.78 is 6.66. The van der Waals surface area contributed by atoms with Crippen LogP contribution >= 0.6 is 15.9 Å². The molecule has 0 bridgehead atoms. The predicted octanol–water partition coefficient (Wildman–Crippen LogP) is 2.13. The molecule has 0 saturated heterocycles. The van der Waals surface area contributed by atoms with Gasteiger partial charge in [-0.15, -0.1) is 0 Å². The molecule has 0 spiro atoms. The number of rotatable bonds is 5. The highest BCUT2D eigenvalue weighted by Crippen LogP contribution is 2.31.